The number of nitrogens with one attached hydrogen (secondary N) is 3. The molecule has 0 radical (unpaired) electrons. The lowest BCUT2D eigenvalue weighted by atomic mass is 10.1. The SMILES string of the molecule is CCOc1ccc2[nH+]c(NCCNS(=O)(=O)c3ccc(C)cc3)c(C#N)cc2c1. The summed E-state index contributed by atoms with van der Waals surface area (Å²) in [6.07, 6.45) is 0. The highest BCUT2D eigenvalue weighted by Gasteiger charge is 2.15. The molecule has 3 N–H and O–H groups in total. The monoisotopic (exact) mass is 411 g/mol. The first-order valence-corrected chi connectivity index (χ1v) is 10.7. The smallest absolute Gasteiger partial charge is 0.290 e. The minimum atomic E-state index is -3.57. The van der Waals surface area contributed by atoms with Crippen molar-refractivity contribution < 1.29 is 18.1 Å². The molecule has 0 saturated carbocycles. The summed E-state index contributed by atoms with van der Waals surface area (Å²) in [4.78, 5) is 3.41. The number of sulfonamides is 1. The van der Waals surface area contributed by atoms with E-state index in [9.17, 15) is 13.7 Å². The van der Waals surface area contributed by atoms with Crippen molar-refractivity contribution in [1.82, 2.24) is 4.72 Å². The molecule has 0 aliphatic heterocycles. The highest BCUT2D eigenvalue weighted by molar-refractivity contribution is 7.89. The fourth-order valence-corrected chi connectivity index (χ4v) is 3.89. The maximum atomic E-state index is 12.3. The summed E-state index contributed by atoms with van der Waals surface area (Å²) in [5, 5.41) is 13.4. The number of hydrogen-bond donors (Lipinski definition) is 2. The predicted octanol–water partition coefficient (Wildman–Crippen LogP) is 2.62. The Balaban J connectivity index is 1.67. The summed E-state index contributed by atoms with van der Waals surface area (Å²) < 4.78 is 32.7. The van der Waals surface area contributed by atoms with Crippen LogP contribution in [0.25, 0.3) is 10.9 Å². The molecular formula is C21H23N4O3S+. The van der Waals surface area contributed by atoms with E-state index < -0.39 is 10.0 Å². The molecule has 0 bridgehead atoms. The largest absolute Gasteiger partial charge is 0.494 e. The molecule has 0 unspecified atom stereocenters. The number of aromatic nitrogens is 1. The molecule has 0 aliphatic carbocycles. The second kappa shape index (κ2) is 8.90. The van der Waals surface area contributed by atoms with E-state index in [1.165, 1.54) is 0 Å². The van der Waals surface area contributed by atoms with Crippen molar-refractivity contribution in [3.05, 3.63) is 59.7 Å². The Hall–Kier alpha value is -3.15. The zero-order valence-corrected chi connectivity index (χ0v) is 17.1. The van der Waals surface area contributed by atoms with Crippen LogP contribution in [-0.4, -0.2) is 28.1 Å². The molecule has 7 nitrogen and oxygen atoms in total. The number of benzene rings is 2. The first-order valence-electron chi connectivity index (χ1n) is 9.26. The van der Waals surface area contributed by atoms with Crippen LogP contribution in [0.5, 0.6) is 5.75 Å². The number of rotatable bonds is 8. The van der Waals surface area contributed by atoms with Crippen LogP contribution in [0.15, 0.2) is 53.4 Å². The third-order valence-electron chi connectivity index (χ3n) is 4.33. The molecule has 2 aromatic carbocycles. The molecule has 1 aromatic heterocycles. The third-order valence-corrected chi connectivity index (χ3v) is 5.81. The van der Waals surface area contributed by atoms with Crippen LogP contribution in [0, 0.1) is 18.3 Å². The number of aryl methyl sites for hydroxylation is 1. The van der Waals surface area contributed by atoms with Gasteiger partial charge in [-0.3, -0.25) is 5.32 Å². The van der Waals surface area contributed by atoms with Crippen LogP contribution in [0.2, 0.25) is 0 Å². The first kappa shape index (κ1) is 20.6. The minimum Gasteiger partial charge on any atom is -0.494 e. The highest BCUT2D eigenvalue weighted by atomic mass is 32.2. The van der Waals surface area contributed by atoms with Crippen molar-refractivity contribution in [3.8, 4) is 11.8 Å². The van der Waals surface area contributed by atoms with Crippen molar-refractivity contribution >= 4 is 26.7 Å². The van der Waals surface area contributed by atoms with Gasteiger partial charge in [-0.15, -0.1) is 0 Å². The Kier molecular flexibility index (Phi) is 6.32. The highest BCUT2D eigenvalue weighted by Crippen LogP contribution is 2.21. The van der Waals surface area contributed by atoms with Gasteiger partial charge in [0.15, 0.2) is 0 Å². The maximum Gasteiger partial charge on any atom is 0.290 e. The molecule has 0 aliphatic rings. The van der Waals surface area contributed by atoms with Gasteiger partial charge in [-0.1, -0.05) is 17.7 Å². The second-order valence-electron chi connectivity index (χ2n) is 6.49. The van der Waals surface area contributed by atoms with E-state index in [4.69, 9.17) is 4.74 Å². The molecule has 0 spiro atoms. The van der Waals surface area contributed by atoms with E-state index >= 15 is 0 Å². The Morgan fingerprint density at radius 3 is 2.55 bits per heavy atom. The Morgan fingerprint density at radius 1 is 1.10 bits per heavy atom. The minimum absolute atomic E-state index is 0.177. The summed E-state index contributed by atoms with van der Waals surface area (Å²) in [5.41, 5.74) is 2.28. The lowest BCUT2D eigenvalue weighted by Crippen LogP contribution is -2.30. The number of hydrogen-bond acceptors (Lipinski definition) is 5. The Labute approximate surface area is 170 Å². The number of fused-ring (bicyclic) bond motifs is 1. The average molecular weight is 412 g/mol. The van der Waals surface area contributed by atoms with Gasteiger partial charge in [0.05, 0.1) is 18.0 Å². The van der Waals surface area contributed by atoms with Gasteiger partial charge in [0.25, 0.3) is 5.82 Å². The third kappa shape index (κ3) is 5.02. The van der Waals surface area contributed by atoms with Gasteiger partial charge < -0.3 is 4.74 Å². The Morgan fingerprint density at radius 2 is 1.86 bits per heavy atom. The number of aromatic amines is 1. The lowest BCUT2D eigenvalue weighted by molar-refractivity contribution is -0.327. The standard InChI is InChI=1S/C21H22N4O3S/c1-3-28-18-6-9-20-16(13-18)12-17(14-22)21(25-20)23-10-11-24-29(26,27)19-7-4-15(2)5-8-19/h4-9,12-13,24H,3,10-11H2,1-2H3,(H,23,25)/p+1. The summed E-state index contributed by atoms with van der Waals surface area (Å²) in [6, 6.07) is 16.2. The average Bonchev–Trinajstić information content (AvgIpc) is 2.71. The van der Waals surface area contributed by atoms with E-state index in [1.807, 2.05) is 32.0 Å². The molecule has 1 heterocycles. The van der Waals surface area contributed by atoms with Gasteiger partial charge in [-0.2, -0.15) is 5.26 Å². The van der Waals surface area contributed by atoms with Crippen molar-refractivity contribution in [2.75, 3.05) is 25.0 Å². The van der Waals surface area contributed by atoms with Crippen LogP contribution >= 0.6 is 0 Å². The molecule has 0 saturated heterocycles. The number of nitriles is 1. The summed E-state index contributed by atoms with van der Waals surface area (Å²) in [7, 11) is -3.57. The van der Waals surface area contributed by atoms with Gasteiger partial charge in [0.1, 0.15) is 22.9 Å². The number of H-pyrrole nitrogens is 1. The quantitative estimate of drug-likeness (QED) is 0.554. The summed E-state index contributed by atoms with van der Waals surface area (Å²) >= 11 is 0. The fraction of sp³-hybridized carbons (Fsp3) is 0.238. The molecule has 150 valence electrons. The normalized spacial score (nSPS) is 11.2. The van der Waals surface area contributed by atoms with Gasteiger partial charge in [-0.25, -0.2) is 18.1 Å². The van der Waals surface area contributed by atoms with E-state index in [0.717, 1.165) is 22.2 Å². The van der Waals surface area contributed by atoms with E-state index in [2.05, 4.69) is 21.1 Å². The van der Waals surface area contributed by atoms with Crippen molar-refractivity contribution in [3.63, 3.8) is 0 Å². The van der Waals surface area contributed by atoms with E-state index in [1.54, 1.807) is 30.3 Å². The van der Waals surface area contributed by atoms with Gasteiger partial charge in [0, 0.05) is 11.9 Å². The van der Waals surface area contributed by atoms with Crippen molar-refractivity contribution in [1.29, 1.82) is 5.26 Å². The summed E-state index contributed by atoms with van der Waals surface area (Å²) in [5.74, 6) is 1.28. The molecule has 3 aromatic rings. The molecule has 8 heteroatoms. The number of ether oxygens (including phenoxy) is 1. The van der Waals surface area contributed by atoms with E-state index in [0.29, 0.717) is 24.5 Å². The number of pyridine rings is 1. The van der Waals surface area contributed by atoms with Crippen LogP contribution in [0.4, 0.5) is 5.82 Å². The zero-order chi connectivity index (χ0) is 20.9. The van der Waals surface area contributed by atoms with Crippen LogP contribution in [-0.2, 0) is 10.0 Å². The first-order chi connectivity index (χ1) is 13.9. The zero-order valence-electron chi connectivity index (χ0n) is 16.3. The molecule has 3 rings (SSSR count). The number of nitrogens with zero attached hydrogens (tertiary/aromatic N) is 1. The second-order valence-corrected chi connectivity index (χ2v) is 8.26. The van der Waals surface area contributed by atoms with Crippen molar-refractivity contribution in [2.24, 2.45) is 0 Å². The molecule has 0 fully saturated rings. The molecule has 0 atom stereocenters. The van der Waals surface area contributed by atoms with E-state index in [-0.39, 0.29) is 11.4 Å². The van der Waals surface area contributed by atoms with Gasteiger partial charge >= 0.3 is 0 Å². The lowest BCUT2D eigenvalue weighted by Gasteiger charge is -2.07. The van der Waals surface area contributed by atoms with Crippen molar-refractivity contribution in [2.45, 2.75) is 18.7 Å². The fourth-order valence-electron chi connectivity index (χ4n) is 2.86. The topological polar surface area (TPSA) is 105 Å². The van der Waals surface area contributed by atoms with Gasteiger partial charge in [0.2, 0.25) is 10.0 Å². The molecule has 0 amide bonds. The van der Waals surface area contributed by atoms with Crippen LogP contribution in [0.1, 0.15) is 18.1 Å². The predicted molar refractivity (Wildman–Crippen MR) is 111 cm³/mol. The Bertz CT molecular complexity index is 1150. The maximum absolute atomic E-state index is 12.3. The number of anilines is 1. The summed E-state index contributed by atoms with van der Waals surface area (Å²) in [6.45, 7) is 4.88. The molecule has 29 heavy (non-hydrogen) atoms. The van der Waals surface area contributed by atoms with Crippen LogP contribution in [0.3, 0.4) is 0 Å². The van der Waals surface area contributed by atoms with Gasteiger partial charge in [-0.05, 0) is 50.2 Å². The molecular weight excluding hydrogens is 388 g/mol. The van der Waals surface area contributed by atoms with Crippen LogP contribution < -0.4 is 19.8 Å².